The Morgan fingerprint density at radius 3 is 2.58 bits per heavy atom. The van der Waals surface area contributed by atoms with Crippen LogP contribution in [0.25, 0.3) is 10.8 Å². The largest absolute Gasteiger partial charge is 0.491 e. The maximum Gasteiger partial charge on any atom is 0.264 e. The van der Waals surface area contributed by atoms with E-state index in [0.29, 0.717) is 40.7 Å². The number of primary amides is 1. The number of nitrogens with two attached hydrogens (primary N) is 2. The van der Waals surface area contributed by atoms with Crippen LogP contribution in [0.1, 0.15) is 31.2 Å². The molecule has 2 fully saturated rings. The van der Waals surface area contributed by atoms with Gasteiger partial charge in [0.15, 0.2) is 11.6 Å². The summed E-state index contributed by atoms with van der Waals surface area (Å²) in [6.07, 6.45) is 2.85. The lowest BCUT2D eigenvalue weighted by Gasteiger charge is -2.38. The average Bonchev–Trinajstić information content (AvgIpc) is 3.47. The quantitative estimate of drug-likeness (QED) is 0.145. The third kappa shape index (κ3) is 6.07. The summed E-state index contributed by atoms with van der Waals surface area (Å²) in [6, 6.07) is 17.2. The van der Waals surface area contributed by atoms with Crippen molar-refractivity contribution in [1.82, 2.24) is 15.1 Å². The van der Waals surface area contributed by atoms with E-state index in [-0.39, 0.29) is 37.7 Å². The van der Waals surface area contributed by atoms with Crippen molar-refractivity contribution < 1.29 is 19.1 Å². The molecule has 0 unspecified atom stereocenters. The van der Waals surface area contributed by atoms with Crippen molar-refractivity contribution in [3.63, 3.8) is 0 Å². The van der Waals surface area contributed by atoms with E-state index < -0.39 is 29.6 Å². The molecular formula is C31H33Cl2N6O4. The molecule has 0 saturated carbocycles. The van der Waals surface area contributed by atoms with Crippen LogP contribution >= 0.6 is 23.2 Å². The Morgan fingerprint density at radius 2 is 1.86 bits per heavy atom. The molecule has 0 bridgehead atoms. The standard InChI is InChI=1S/C31H33Cl2N6O4/c32-22-10-7-20(25(33)17-22)9-12-27(40)39-26(6-3-15-37-30(35)36)28(41)38-23(13-14-31(38,39)29(34)42)18-43-24-11-8-19-4-1-2-5-21(19)16-24/h1-2,4-5,7-8,10-12,16-17,23,26H,3,6,9,13-15,18H2,(H2,34,42)(H4,35,36,37)/t23-,26+,31+/m1/s1. The van der Waals surface area contributed by atoms with Crippen LogP contribution in [0.2, 0.25) is 10.0 Å². The molecule has 225 valence electrons. The number of halogens is 2. The zero-order valence-corrected chi connectivity index (χ0v) is 24.9. The SMILES string of the molecule is N=C(N)NCCC[C@H]1C(=O)N2[C@@H](COc3ccc4ccccc4c3)CC[C@@]2(C(N)=O)N1C(=O)[CH]Cc1ccc(Cl)cc1Cl. The number of carbonyl (C=O) groups excluding carboxylic acids is 3. The molecule has 10 nitrogen and oxygen atoms in total. The van der Waals surface area contributed by atoms with Crippen LogP contribution in [0.5, 0.6) is 5.75 Å². The lowest BCUT2D eigenvalue weighted by molar-refractivity contribution is -0.150. The molecule has 0 spiro atoms. The Morgan fingerprint density at radius 1 is 1.09 bits per heavy atom. The molecule has 3 aromatic rings. The Hall–Kier alpha value is -4.02. The molecule has 12 heteroatoms. The van der Waals surface area contributed by atoms with Crippen molar-refractivity contribution in [3.05, 3.63) is 82.7 Å². The van der Waals surface area contributed by atoms with Gasteiger partial charge >= 0.3 is 0 Å². The van der Waals surface area contributed by atoms with Gasteiger partial charge in [-0.1, -0.05) is 59.6 Å². The Labute approximate surface area is 259 Å². The van der Waals surface area contributed by atoms with Gasteiger partial charge in [-0.15, -0.1) is 0 Å². The van der Waals surface area contributed by atoms with E-state index in [4.69, 9.17) is 44.8 Å². The fourth-order valence-corrected chi connectivity index (χ4v) is 6.59. The third-order valence-corrected chi connectivity index (χ3v) is 8.69. The smallest absolute Gasteiger partial charge is 0.264 e. The predicted octanol–water partition coefficient (Wildman–Crippen LogP) is 3.62. The summed E-state index contributed by atoms with van der Waals surface area (Å²) in [5.41, 5.74) is 10.5. The molecule has 2 aliphatic heterocycles. The molecule has 0 aromatic heterocycles. The van der Waals surface area contributed by atoms with Crippen molar-refractivity contribution in [3.8, 4) is 5.75 Å². The monoisotopic (exact) mass is 623 g/mol. The molecule has 1 radical (unpaired) electrons. The number of hydrogen-bond donors (Lipinski definition) is 4. The number of carbonyl (C=O) groups is 3. The van der Waals surface area contributed by atoms with E-state index in [9.17, 15) is 14.4 Å². The molecule has 3 amide bonds. The zero-order chi connectivity index (χ0) is 30.7. The van der Waals surface area contributed by atoms with Crippen molar-refractivity contribution in [2.24, 2.45) is 11.5 Å². The summed E-state index contributed by atoms with van der Waals surface area (Å²) < 4.78 is 6.13. The molecule has 5 rings (SSSR count). The van der Waals surface area contributed by atoms with Gasteiger partial charge in [-0.3, -0.25) is 24.7 Å². The summed E-state index contributed by atoms with van der Waals surface area (Å²) in [5, 5.41) is 13.1. The zero-order valence-electron chi connectivity index (χ0n) is 23.4. The summed E-state index contributed by atoms with van der Waals surface area (Å²) >= 11 is 12.3. The highest BCUT2D eigenvalue weighted by Crippen LogP contribution is 2.45. The minimum absolute atomic E-state index is 0.129. The van der Waals surface area contributed by atoms with E-state index >= 15 is 0 Å². The van der Waals surface area contributed by atoms with Crippen molar-refractivity contribution in [1.29, 1.82) is 5.41 Å². The van der Waals surface area contributed by atoms with Crippen molar-refractivity contribution >= 4 is 57.7 Å². The van der Waals surface area contributed by atoms with Crippen LogP contribution < -0.4 is 21.5 Å². The Balaban J connectivity index is 1.39. The van der Waals surface area contributed by atoms with Crippen molar-refractivity contribution in [2.75, 3.05) is 13.2 Å². The Kier molecular flexibility index (Phi) is 8.98. The van der Waals surface area contributed by atoms with Crippen LogP contribution in [0.3, 0.4) is 0 Å². The van der Waals surface area contributed by atoms with Crippen LogP contribution in [0.15, 0.2) is 60.7 Å². The normalized spacial score (nSPS) is 21.2. The fourth-order valence-electron chi connectivity index (χ4n) is 6.10. The van der Waals surface area contributed by atoms with E-state index in [1.54, 1.807) is 18.2 Å². The molecule has 43 heavy (non-hydrogen) atoms. The minimum Gasteiger partial charge on any atom is -0.491 e. The van der Waals surface area contributed by atoms with Gasteiger partial charge in [0.1, 0.15) is 18.4 Å². The first-order valence-electron chi connectivity index (χ1n) is 14.0. The second kappa shape index (κ2) is 12.7. The first kappa shape index (κ1) is 30.4. The van der Waals surface area contributed by atoms with Crippen LogP contribution in [0.4, 0.5) is 0 Å². The van der Waals surface area contributed by atoms with Crippen LogP contribution in [-0.4, -0.2) is 64.4 Å². The number of amides is 3. The number of fused-ring (bicyclic) bond motifs is 2. The second-order valence-electron chi connectivity index (χ2n) is 10.8. The average molecular weight is 625 g/mol. The van der Waals surface area contributed by atoms with Gasteiger partial charge in [-0.05, 0) is 66.3 Å². The number of ether oxygens (including phenoxy) is 1. The number of nitrogens with one attached hydrogen (secondary N) is 2. The van der Waals surface area contributed by atoms with Crippen LogP contribution in [-0.2, 0) is 20.8 Å². The van der Waals surface area contributed by atoms with E-state index in [0.717, 1.165) is 10.8 Å². The molecular weight excluding hydrogens is 591 g/mol. The second-order valence-corrected chi connectivity index (χ2v) is 11.6. The molecule has 2 aliphatic rings. The number of nitrogens with zero attached hydrogens (tertiary/aromatic N) is 2. The third-order valence-electron chi connectivity index (χ3n) is 8.10. The van der Waals surface area contributed by atoms with E-state index in [2.05, 4.69) is 5.32 Å². The summed E-state index contributed by atoms with van der Waals surface area (Å²) in [5.74, 6) is -1.20. The molecule has 3 atom stereocenters. The van der Waals surface area contributed by atoms with Crippen molar-refractivity contribution in [2.45, 2.75) is 49.9 Å². The minimum atomic E-state index is -1.63. The number of guanidine groups is 1. The topological polar surface area (TPSA) is 155 Å². The Bertz CT molecular complexity index is 1570. The number of rotatable bonds is 11. The first-order chi connectivity index (χ1) is 20.6. The summed E-state index contributed by atoms with van der Waals surface area (Å²) in [4.78, 5) is 44.0. The van der Waals surface area contributed by atoms with E-state index in [1.165, 1.54) is 16.2 Å². The highest BCUT2D eigenvalue weighted by atomic mass is 35.5. The number of benzene rings is 3. The van der Waals surface area contributed by atoms with Crippen LogP contribution in [0, 0.1) is 11.8 Å². The van der Waals surface area contributed by atoms with Gasteiger partial charge < -0.3 is 26.4 Å². The van der Waals surface area contributed by atoms with Gasteiger partial charge in [0.2, 0.25) is 11.8 Å². The highest BCUT2D eigenvalue weighted by molar-refractivity contribution is 6.35. The molecule has 0 aliphatic carbocycles. The predicted molar refractivity (Wildman–Crippen MR) is 165 cm³/mol. The lowest BCUT2D eigenvalue weighted by atomic mass is 10.0. The highest BCUT2D eigenvalue weighted by Gasteiger charge is 2.66. The maximum atomic E-state index is 14.0. The first-order valence-corrected chi connectivity index (χ1v) is 14.8. The summed E-state index contributed by atoms with van der Waals surface area (Å²) in [7, 11) is 0. The van der Waals surface area contributed by atoms with Gasteiger partial charge in [0.25, 0.3) is 5.91 Å². The van der Waals surface area contributed by atoms with Gasteiger partial charge in [0, 0.05) is 23.0 Å². The lowest BCUT2D eigenvalue weighted by Crippen LogP contribution is -2.63. The van der Waals surface area contributed by atoms with Gasteiger partial charge in [0.05, 0.1) is 12.5 Å². The summed E-state index contributed by atoms with van der Waals surface area (Å²) in [6.45, 7) is 0.452. The van der Waals surface area contributed by atoms with Gasteiger partial charge in [-0.25, -0.2) is 0 Å². The molecule has 3 aromatic carbocycles. The maximum absolute atomic E-state index is 14.0. The number of hydrogen-bond acceptors (Lipinski definition) is 5. The molecule has 2 saturated heterocycles. The molecule has 6 N–H and O–H groups in total. The van der Waals surface area contributed by atoms with Gasteiger partial charge in [-0.2, -0.15) is 0 Å². The molecule has 2 heterocycles. The van der Waals surface area contributed by atoms with E-state index in [1.807, 2.05) is 42.5 Å². The fraction of sp³-hybridized carbons (Fsp3) is 0.323.